The van der Waals surface area contributed by atoms with Crippen molar-refractivity contribution < 1.29 is 0 Å². The molecule has 0 aromatic rings. The standard InChI is InChI=1S/C9H21N/c1-7(2)9(8(3)4)10(5)6/h7-9H,1-6H3. The SMILES string of the molecule is CC(C)C(C(C)C)N(C)C. The molecule has 0 N–H and O–H groups in total. The fraction of sp³-hybridized carbons (Fsp3) is 1.00. The number of hydrogen-bond donors (Lipinski definition) is 0. The van der Waals surface area contributed by atoms with E-state index in [9.17, 15) is 0 Å². The van der Waals surface area contributed by atoms with Gasteiger partial charge in [0.05, 0.1) is 0 Å². The molecule has 1 heteroatoms. The van der Waals surface area contributed by atoms with Gasteiger partial charge in [0, 0.05) is 6.04 Å². The molecule has 0 atom stereocenters. The molecule has 0 aromatic carbocycles. The zero-order valence-corrected chi connectivity index (χ0v) is 8.18. The van der Waals surface area contributed by atoms with Crippen LogP contribution in [0, 0.1) is 11.8 Å². The Morgan fingerprint density at radius 2 is 1.10 bits per heavy atom. The van der Waals surface area contributed by atoms with E-state index >= 15 is 0 Å². The zero-order valence-electron chi connectivity index (χ0n) is 8.18. The highest BCUT2D eigenvalue weighted by Crippen LogP contribution is 2.15. The smallest absolute Gasteiger partial charge is 0.0135 e. The molecule has 0 aliphatic rings. The van der Waals surface area contributed by atoms with Crippen molar-refractivity contribution in [3.05, 3.63) is 0 Å². The third-order valence-corrected chi connectivity index (χ3v) is 1.96. The van der Waals surface area contributed by atoms with Crippen molar-refractivity contribution in [2.75, 3.05) is 14.1 Å². The summed E-state index contributed by atoms with van der Waals surface area (Å²) in [6, 6.07) is 0.722. The van der Waals surface area contributed by atoms with Crippen molar-refractivity contribution in [1.29, 1.82) is 0 Å². The molecule has 62 valence electrons. The van der Waals surface area contributed by atoms with E-state index in [1.807, 2.05) is 0 Å². The summed E-state index contributed by atoms with van der Waals surface area (Å²) >= 11 is 0. The molecule has 0 heterocycles. The Balaban J connectivity index is 3.98. The average Bonchev–Trinajstić information content (AvgIpc) is 1.59. The van der Waals surface area contributed by atoms with Crippen LogP contribution in [0.3, 0.4) is 0 Å². The topological polar surface area (TPSA) is 3.24 Å². The molecular weight excluding hydrogens is 122 g/mol. The lowest BCUT2D eigenvalue weighted by Crippen LogP contribution is -2.37. The van der Waals surface area contributed by atoms with Crippen molar-refractivity contribution in [2.45, 2.75) is 33.7 Å². The minimum absolute atomic E-state index is 0.722. The van der Waals surface area contributed by atoms with Gasteiger partial charge in [0.1, 0.15) is 0 Å². The van der Waals surface area contributed by atoms with Crippen LogP contribution in [-0.2, 0) is 0 Å². The first-order valence-corrected chi connectivity index (χ1v) is 4.13. The first-order chi connectivity index (χ1) is 4.46. The van der Waals surface area contributed by atoms with E-state index in [4.69, 9.17) is 0 Å². The van der Waals surface area contributed by atoms with Crippen LogP contribution < -0.4 is 0 Å². The molecule has 0 spiro atoms. The van der Waals surface area contributed by atoms with Crippen LogP contribution in [0.25, 0.3) is 0 Å². The molecule has 0 saturated carbocycles. The minimum atomic E-state index is 0.722. The second-order valence-corrected chi connectivity index (χ2v) is 3.94. The van der Waals surface area contributed by atoms with Gasteiger partial charge in [0.2, 0.25) is 0 Å². The Labute approximate surface area is 65.4 Å². The van der Waals surface area contributed by atoms with Gasteiger partial charge in [-0.1, -0.05) is 27.7 Å². The van der Waals surface area contributed by atoms with Gasteiger partial charge in [-0.15, -0.1) is 0 Å². The molecular formula is C9H21N. The molecule has 0 aromatic heterocycles. The second-order valence-electron chi connectivity index (χ2n) is 3.94. The fourth-order valence-corrected chi connectivity index (χ4v) is 1.96. The molecule has 10 heavy (non-hydrogen) atoms. The summed E-state index contributed by atoms with van der Waals surface area (Å²) in [5.41, 5.74) is 0. The monoisotopic (exact) mass is 143 g/mol. The van der Waals surface area contributed by atoms with Gasteiger partial charge in [0.25, 0.3) is 0 Å². The van der Waals surface area contributed by atoms with Gasteiger partial charge < -0.3 is 4.90 Å². The van der Waals surface area contributed by atoms with Crippen molar-refractivity contribution in [2.24, 2.45) is 11.8 Å². The van der Waals surface area contributed by atoms with Crippen LogP contribution in [0.2, 0.25) is 0 Å². The molecule has 0 unspecified atom stereocenters. The van der Waals surface area contributed by atoms with E-state index in [0.29, 0.717) is 0 Å². The highest BCUT2D eigenvalue weighted by Gasteiger charge is 2.18. The van der Waals surface area contributed by atoms with E-state index in [2.05, 4.69) is 46.7 Å². The van der Waals surface area contributed by atoms with Crippen LogP contribution in [0.4, 0.5) is 0 Å². The minimum Gasteiger partial charge on any atom is -0.306 e. The zero-order chi connectivity index (χ0) is 8.31. The maximum atomic E-state index is 2.31. The molecule has 0 saturated heterocycles. The summed E-state index contributed by atoms with van der Waals surface area (Å²) in [6.07, 6.45) is 0. The van der Waals surface area contributed by atoms with Gasteiger partial charge in [-0.3, -0.25) is 0 Å². The summed E-state index contributed by atoms with van der Waals surface area (Å²) in [7, 11) is 4.31. The summed E-state index contributed by atoms with van der Waals surface area (Å²) in [5.74, 6) is 1.52. The Morgan fingerprint density at radius 3 is 1.10 bits per heavy atom. The van der Waals surface area contributed by atoms with E-state index in [1.54, 1.807) is 0 Å². The average molecular weight is 143 g/mol. The van der Waals surface area contributed by atoms with Crippen molar-refractivity contribution in [3.63, 3.8) is 0 Å². The van der Waals surface area contributed by atoms with Gasteiger partial charge in [-0.25, -0.2) is 0 Å². The lowest BCUT2D eigenvalue weighted by Gasteiger charge is -2.31. The van der Waals surface area contributed by atoms with Gasteiger partial charge >= 0.3 is 0 Å². The predicted molar refractivity (Wildman–Crippen MR) is 47.2 cm³/mol. The highest BCUT2D eigenvalue weighted by molar-refractivity contribution is 4.72. The normalized spacial score (nSPS) is 12.6. The third-order valence-electron chi connectivity index (χ3n) is 1.96. The van der Waals surface area contributed by atoms with Gasteiger partial charge in [-0.2, -0.15) is 0 Å². The highest BCUT2D eigenvalue weighted by atomic mass is 15.1. The van der Waals surface area contributed by atoms with Crippen LogP contribution in [0.15, 0.2) is 0 Å². The van der Waals surface area contributed by atoms with Gasteiger partial charge in [-0.05, 0) is 25.9 Å². The lowest BCUT2D eigenvalue weighted by atomic mass is 9.92. The Bertz CT molecular complexity index is 65.7. The van der Waals surface area contributed by atoms with Crippen molar-refractivity contribution in [1.82, 2.24) is 4.90 Å². The van der Waals surface area contributed by atoms with Crippen LogP contribution in [-0.4, -0.2) is 25.0 Å². The number of nitrogens with zero attached hydrogens (tertiary/aromatic N) is 1. The van der Waals surface area contributed by atoms with E-state index < -0.39 is 0 Å². The van der Waals surface area contributed by atoms with E-state index in [0.717, 1.165) is 17.9 Å². The number of rotatable bonds is 3. The van der Waals surface area contributed by atoms with Crippen LogP contribution in [0.1, 0.15) is 27.7 Å². The maximum absolute atomic E-state index is 2.31. The summed E-state index contributed by atoms with van der Waals surface area (Å²) in [4.78, 5) is 2.31. The molecule has 0 aliphatic heterocycles. The largest absolute Gasteiger partial charge is 0.306 e. The van der Waals surface area contributed by atoms with Crippen LogP contribution >= 0.6 is 0 Å². The molecule has 0 amide bonds. The molecule has 1 nitrogen and oxygen atoms in total. The second kappa shape index (κ2) is 3.97. The molecule has 0 rings (SSSR count). The van der Waals surface area contributed by atoms with Crippen LogP contribution in [0.5, 0.6) is 0 Å². The predicted octanol–water partition coefficient (Wildman–Crippen LogP) is 2.23. The third kappa shape index (κ3) is 2.70. The molecule has 0 aliphatic carbocycles. The Kier molecular flexibility index (Phi) is 3.95. The maximum Gasteiger partial charge on any atom is 0.0135 e. The lowest BCUT2D eigenvalue weighted by molar-refractivity contribution is 0.176. The Morgan fingerprint density at radius 1 is 0.800 bits per heavy atom. The van der Waals surface area contributed by atoms with E-state index in [1.165, 1.54) is 0 Å². The summed E-state index contributed by atoms with van der Waals surface area (Å²) < 4.78 is 0. The molecule has 0 bridgehead atoms. The summed E-state index contributed by atoms with van der Waals surface area (Å²) in [6.45, 7) is 9.13. The van der Waals surface area contributed by atoms with Gasteiger partial charge in [0.15, 0.2) is 0 Å². The number of hydrogen-bond acceptors (Lipinski definition) is 1. The molecule has 0 radical (unpaired) electrons. The fourth-order valence-electron chi connectivity index (χ4n) is 1.96. The van der Waals surface area contributed by atoms with Crippen molar-refractivity contribution >= 4 is 0 Å². The Hall–Kier alpha value is -0.0400. The first-order valence-electron chi connectivity index (χ1n) is 4.13. The first kappa shape index (κ1) is 9.96. The summed E-state index contributed by atoms with van der Waals surface area (Å²) in [5, 5.41) is 0. The quantitative estimate of drug-likeness (QED) is 0.585. The van der Waals surface area contributed by atoms with E-state index in [-0.39, 0.29) is 0 Å². The molecule has 0 fully saturated rings. The van der Waals surface area contributed by atoms with Crippen molar-refractivity contribution in [3.8, 4) is 0 Å².